The van der Waals surface area contributed by atoms with Crippen LogP contribution in [0, 0.1) is 6.92 Å². The molecule has 1 aliphatic heterocycles. The standard InChI is InChI=1S/C26H23Cl2NO5.Na/c1-15-12-18(27)5-2-16(15)8-10-29-25(30)17-3-6-19(7-4-17)34-24-14-23-21(13-22(24)28)20(26(31)32)9-11-33-23;/h2-7,12-14,20H,8-11H2,1H3,(H,29,30)(H,31,32);/q;+1/p-1. The number of fused-ring (bicyclic) bond motifs is 1. The zero-order valence-corrected chi connectivity index (χ0v) is 22.9. The Bertz CT molecular complexity index is 1230. The molecule has 1 atom stereocenters. The number of ether oxygens (including phenoxy) is 2. The van der Waals surface area contributed by atoms with Gasteiger partial charge in [-0.1, -0.05) is 29.3 Å². The summed E-state index contributed by atoms with van der Waals surface area (Å²) in [5.74, 6) is -0.904. The van der Waals surface area contributed by atoms with E-state index in [0.29, 0.717) is 52.8 Å². The minimum Gasteiger partial charge on any atom is -0.549 e. The van der Waals surface area contributed by atoms with E-state index in [1.165, 1.54) is 6.07 Å². The number of carboxylic acids is 1. The first-order valence-electron chi connectivity index (χ1n) is 10.8. The number of hydrogen-bond acceptors (Lipinski definition) is 5. The molecule has 0 aromatic heterocycles. The van der Waals surface area contributed by atoms with Crippen LogP contribution in [0.15, 0.2) is 54.6 Å². The van der Waals surface area contributed by atoms with Crippen molar-refractivity contribution in [2.24, 2.45) is 0 Å². The average Bonchev–Trinajstić information content (AvgIpc) is 2.81. The average molecular weight is 522 g/mol. The molecule has 0 saturated carbocycles. The predicted octanol–water partition coefficient (Wildman–Crippen LogP) is 1.69. The van der Waals surface area contributed by atoms with E-state index >= 15 is 0 Å². The molecule has 0 spiro atoms. The smallest absolute Gasteiger partial charge is 0.549 e. The van der Waals surface area contributed by atoms with Gasteiger partial charge in [0.1, 0.15) is 17.2 Å². The van der Waals surface area contributed by atoms with Crippen LogP contribution in [0.3, 0.4) is 0 Å². The first-order chi connectivity index (χ1) is 16.3. The van der Waals surface area contributed by atoms with Gasteiger partial charge in [-0.3, -0.25) is 4.79 Å². The molecule has 0 saturated heterocycles. The molecule has 35 heavy (non-hydrogen) atoms. The van der Waals surface area contributed by atoms with Crippen LogP contribution in [0.2, 0.25) is 10.0 Å². The van der Waals surface area contributed by atoms with E-state index in [2.05, 4.69) is 5.32 Å². The summed E-state index contributed by atoms with van der Waals surface area (Å²) in [5, 5.41) is 15.2. The van der Waals surface area contributed by atoms with Gasteiger partial charge < -0.3 is 24.7 Å². The van der Waals surface area contributed by atoms with Crippen molar-refractivity contribution >= 4 is 35.1 Å². The Hall–Kier alpha value is -2.22. The van der Waals surface area contributed by atoms with Gasteiger partial charge in [-0.25, -0.2) is 0 Å². The van der Waals surface area contributed by atoms with Gasteiger partial charge in [0.25, 0.3) is 5.91 Å². The summed E-state index contributed by atoms with van der Waals surface area (Å²) in [6.45, 7) is 2.76. The summed E-state index contributed by atoms with van der Waals surface area (Å²) in [7, 11) is 0. The van der Waals surface area contributed by atoms with Crippen molar-refractivity contribution in [2.45, 2.75) is 25.7 Å². The number of benzene rings is 3. The van der Waals surface area contributed by atoms with E-state index in [4.69, 9.17) is 32.7 Å². The minimum atomic E-state index is -1.16. The van der Waals surface area contributed by atoms with Crippen LogP contribution in [0.25, 0.3) is 0 Å². The van der Waals surface area contributed by atoms with Gasteiger partial charge in [0.2, 0.25) is 0 Å². The van der Waals surface area contributed by atoms with Gasteiger partial charge in [0.15, 0.2) is 0 Å². The Morgan fingerprint density at radius 2 is 1.86 bits per heavy atom. The number of rotatable bonds is 7. The van der Waals surface area contributed by atoms with E-state index in [1.54, 1.807) is 30.3 Å². The van der Waals surface area contributed by atoms with E-state index in [0.717, 1.165) is 11.1 Å². The Morgan fingerprint density at radius 1 is 1.11 bits per heavy atom. The van der Waals surface area contributed by atoms with Crippen molar-refractivity contribution in [2.75, 3.05) is 13.2 Å². The van der Waals surface area contributed by atoms with Crippen LogP contribution >= 0.6 is 23.2 Å². The topological polar surface area (TPSA) is 87.7 Å². The van der Waals surface area contributed by atoms with Crippen LogP contribution in [-0.4, -0.2) is 25.0 Å². The number of aliphatic carboxylic acids is 1. The van der Waals surface area contributed by atoms with Gasteiger partial charge in [-0.05, 0) is 73.4 Å². The molecule has 1 unspecified atom stereocenters. The monoisotopic (exact) mass is 521 g/mol. The predicted molar refractivity (Wildman–Crippen MR) is 128 cm³/mol. The molecule has 1 amide bonds. The number of hydrogen-bond donors (Lipinski definition) is 1. The quantitative estimate of drug-likeness (QED) is 0.478. The molecule has 0 fully saturated rings. The number of carbonyl (C=O) groups excluding carboxylic acids is 2. The van der Waals surface area contributed by atoms with Crippen molar-refractivity contribution in [3.63, 3.8) is 0 Å². The molecule has 0 aliphatic carbocycles. The number of carboxylic acid groups (broad SMARTS) is 1. The van der Waals surface area contributed by atoms with Gasteiger partial charge in [0.05, 0.1) is 11.6 Å². The van der Waals surface area contributed by atoms with Crippen molar-refractivity contribution < 1.29 is 53.7 Å². The van der Waals surface area contributed by atoms with E-state index in [1.807, 2.05) is 25.1 Å². The number of carbonyl (C=O) groups is 2. The fraction of sp³-hybridized carbons (Fsp3) is 0.231. The largest absolute Gasteiger partial charge is 1.00 e. The van der Waals surface area contributed by atoms with E-state index < -0.39 is 11.9 Å². The molecular weight excluding hydrogens is 500 g/mol. The fourth-order valence-corrected chi connectivity index (χ4v) is 4.30. The number of nitrogens with one attached hydrogen (secondary N) is 1. The molecule has 1 aliphatic rings. The van der Waals surface area contributed by atoms with Crippen LogP contribution < -0.4 is 49.5 Å². The van der Waals surface area contributed by atoms with Gasteiger partial charge in [0, 0.05) is 40.6 Å². The number of halogens is 2. The first kappa shape index (κ1) is 27.4. The Kier molecular flexibility index (Phi) is 9.50. The van der Waals surface area contributed by atoms with Crippen LogP contribution in [-0.2, 0) is 11.2 Å². The summed E-state index contributed by atoms with van der Waals surface area (Å²) >= 11 is 12.3. The number of amides is 1. The summed E-state index contributed by atoms with van der Waals surface area (Å²) in [5.41, 5.74) is 3.19. The van der Waals surface area contributed by atoms with Crippen molar-refractivity contribution in [1.82, 2.24) is 5.32 Å². The number of aryl methyl sites for hydroxylation is 1. The van der Waals surface area contributed by atoms with Crippen LogP contribution in [0.1, 0.15) is 39.4 Å². The van der Waals surface area contributed by atoms with Gasteiger partial charge >= 0.3 is 29.6 Å². The molecule has 0 radical (unpaired) electrons. The molecule has 3 aromatic carbocycles. The van der Waals surface area contributed by atoms with Gasteiger partial charge in [-0.15, -0.1) is 0 Å². The summed E-state index contributed by atoms with van der Waals surface area (Å²) in [6.07, 6.45) is 1.03. The summed E-state index contributed by atoms with van der Waals surface area (Å²) < 4.78 is 11.4. The van der Waals surface area contributed by atoms with E-state index in [-0.39, 0.29) is 47.1 Å². The summed E-state index contributed by atoms with van der Waals surface area (Å²) in [4.78, 5) is 23.9. The van der Waals surface area contributed by atoms with Crippen molar-refractivity contribution in [1.29, 1.82) is 0 Å². The second kappa shape index (κ2) is 12.2. The molecule has 1 N–H and O–H groups in total. The zero-order valence-electron chi connectivity index (χ0n) is 19.4. The Morgan fingerprint density at radius 3 is 2.54 bits per heavy atom. The van der Waals surface area contributed by atoms with Crippen molar-refractivity contribution in [3.8, 4) is 17.2 Å². The van der Waals surface area contributed by atoms with Crippen LogP contribution in [0.4, 0.5) is 0 Å². The molecule has 176 valence electrons. The molecule has 3 aromatic rings. The normalized spacial score (nSPS) is 14.2. The molecular formula is C26H22Cl2NNaO5. The molecule has 1 heterocycles. The van der Waals surface area contributed by atoms with Crippen LogP contribution in [0.5, 0.6) is 17.2 Å². The first-order valence-corrected chi connectivity index (χ1v) is 11.6. The third-order valence-corrected chi connectivity index (χ3v) is 6.25. The maximum Gasteiger partial charge on any atom is 1.00 e. The van der Waals surface area contributed by atoms with Gasteiger partial charge in [-0.2, -0.15) is 0 Å². The SMILES string of the molecule is Cc1cc(Cl)ccc1CCNC(=O)c1ccc(Oc2cc3c(cc2Cl)C(C(=O)[O-])CCO3)cc1.[Na+]. The molecule has 9 heteroatoms. The van der Waals surface area contributed by atoms with Crippen molar-refractivity contribution in [3.05, 3.63) is 86.9 Å². The zero-order chi connectivity index (χ0) is 24.2. The maximum atomic E-state index is 12.5. The minimum absolute atomic E-state index is 0. The summed E-state index contributed by atoms with van der Waals surface area (Å²) in [6, 6.07) is 15.5. The molecule has 6 nitrogen and oxygen atoms in total. The molecule has 4 rings (SSSR count). The second-order valence-corrected chi connectivity index (χ2v) is 8.88. The Balaban J connectivity index is 0.00000342. The second-order valence-electron chi connectivity index (χ2n) is 8.03. The maximum absolute atomic E-state index is 12.5. The Labute approximate surface area is 235 Å². The third-order valence-electron chi connectivity index (χ3n) is 5.72. The molecule has 0 bridgehead atoms. The van der Waals surface area contributed by atoms with E-state index in [9.17, 15) is 14.7 Å². The third kappa shape index (κ3) is 6.72. The fourth-order valence-electron chi connectivity index (χ4n) is 3.87.